The van der Waals surface area contributed by atoms with Crippen LogP contribution in [-0.4, -0.2) is 42.4 Å². The lowest BCUT2D eigenvalue weighted by molar-refractivity contribution is -0.276. The van der Waals surface area contributed by atoms with Gasteiger partial charge < -0.3 is 24.6 Å². The van der Waals surface area contributed by atoms with Crippen molar-refractivity contribution in [2.45, 2.75) is 45.1 Å². The van der Waals surface area contributed by atoms with Gasteiger partial charge in [-0.05, 0) is 40.4 Å². The topological polar surface area (TPSA) is 80.3 Å². The highest BCUT2D eigenvalue weighted by Gasteiger charge is 2.38. The summed E-state index contributed by atoms with van der Waals surface area (Å²) in [6.45, 7) is 7.84. The molecule has 0 aromatic heterocycles. The highest BCUT2D eigenvalue weighted by Crippen LogP contribution is 2.42. The predicted octanol–water partition coefficient (Wildman–Crippen LogP) is 7.18. The molecule has 4 aromatic rings. The minimum absolute atomic E-state index is 0.00490. The lowest BCUT2D eigenvalue weighted by atomic mass is 9.90. The number of carbonyl (C=O) groups is 1. The van der Waals surface area contributed by atoms with Gasteiger partial charge in [-0.15, -0.1) is 0 Å². The molecule has 1 aliphatic rings. The molecule has 0 aliphatic carbocycles. The molecular weight excluding hydrogens is 564 g/mol. The van der Waals surface area contributed by atoms with Crippen LogP contribution in [0.1, 0.15) is 47.1 Å². The maximum Gasteiger partial charge on any atom is 0.407 e. The number of nitrogens with zero attached hydrogens (tertiary/aromatic N) is 1. The molecule has 0 unspecified atom stereocenters. The second-order valence-corrected chi connectivity index (χ2v) is 11.5. The van der Waals surface area contributed by atoms with E-state index in [0.29, 0.717) is 6.54 Å². The normalized spacial score (nSPS) is 19.6. The van der Waals surface area contributed by atoms with Crippen LogP contribution in [0, 0.1) is 5.92 Å². The molecule has 7 heteroatoms. The Morgan fingerprint density at radius 1 is 0.911 bits per heavy atom. The van der Waals surface area contributed by atoms with Crippen LogP contribution in [0.2, 0.25) is 0 Å². The Labute approximate surface area is 266 Å². The van der Waals surface area contributed by atoms with Crippen molar-refractivity contribution >= 4 is 6.09 Å². The fraction of sp³-hybridized carbons (Fsp3) is 0.289. The number of rotatable bonds is 12. The first kappa shape index (κ1) is 32.1. The molecule has 4 aromatic carbocycles. The number of carbonyl (C=O) groups excluding carboxylic acids is 1. The van der Waals surface area contributed by atoms with Gasteiger partial charge in [0.25, 0.3) is 0 Å². The molecule has 0 saturated carbocycles. The van der Waals surface area contributed by atoms with E-state index in [9.17, 15) is 9.90 Å². The van der Waals surface area contributed by atoms with Gasteiger partial charge >= 0.3 is 6.09 Å². The molecule has 0 bridgehead atoms. The molecule has 1 heterocycles. The summed E-state index contributed by atoms with van der Waals surface area (Å²) in [5.74, 6) is 0.0938. The van der Waals surface area contributed by atoms with Crippen LogP contribution in [-0.2, 0) is 33.9 Å². The summed E-state index contributed by atoms with van der Waals surface area (Å²) < 4.78 is 18.4. The van der Waals surface area contributed by atoms with Gasteiger partial charge in [0.1, 0.15) is 6.61 Å². The fourth-order valence-electron chi connectivity index (χ4n) is 5.72. The number of likely N-dealkylation sites (N-methyl/N-ethyl adjacent to an activating group) is 1. The van der Waals surface area contributed by atoms with E-state index in [1.807, 2.05) is 54.6 Å². The van der Waals surface area contributed by atoms with Gasteiger partial charge in [0.2, 0.25) is 0 Å². The number of aliphatic hydroxyl groups excluding tert-OH is 1. The summed E-state index contributed by atoms with van der Waals surface area (Å²) in [7, 11) is 2.12. The third kappa shape index (κ3) is 8.47. The number of ether oxygens (including phenoxy) is 3. The Hall–Kier alpha value is -4.27. The van der Waals surface area contributed by atoms with Crippen molar-refractivity contribution in [1.29, 1.82) is 0 Å². The zero-order chi connectivity index (χ0) is 31.6. The Morgan fingerprint density at radius 2 is 1.60 bits per heavy atom. The van der Waals surface area contributed by atoms with E-state index in [1.165, 1.54) is 11.6 Å². The van der Waals surface area contributed by atoms with Gasteiger partial charge in [-0.25, -0.2) is 4.79 Å². The molecule has 0 radical (unpaired) electrons. The van der Waals surface area contributed by atoms with Crippen LogP contribution in [0.3, 0.4) is 0 Å². The average molecular weight is 607 g/mol. The second kappa shape index (κ2) is 15.6. The molecule has 4 atom stereocenters. The average Bonchev–Trinajstić information content (AvgIpc) is 3.08. The smallest absolute Gasteiger partial charge is 0.407 e. The van der Waals surface area contributed by atoms with Gasteiger partial charge in [0.15, 0.2) is 6.29 Å². The molecule has 1 aliphatic heterocycles. The van der Waals surface area contributed by atoms with E-state index in [2.05, 4.69) is 79.3 Å². The van der Waals surface area contributed by atoms with E-state index < -0.39 is 12.4 Å². The SMILES string of the molecule is C=CCOC(=O)NCc1ccccc1-c1ccc([C@@H]2O[C@H](CN(C)Cc3ccccc3)[C@H](C)[C@H](c3ccc(CO)cc3)O2)cc1. The number of aliphatic hydroxyl groups is 1. The van der Waals surface area contributed by atoms with Crippen LogP contribution in [0.25, 0.3) is 11.1 Å². The molecule has 1 fully saturated rings. The summed E-state index contributed by atoms with van der Waals surface area (Å²) in [6, 6.07) is 34.7. The fourth-order valence-corrected chi connectivity index (χ4v) is 5.72. The van der Waals surface area contributed by atoms with E-state index in [-0.39, 0.29) is 31.3 Å². The summed E-state index contributed by atoms with van der Waals surface area (Å²) in [6.07, 6.45) is 0.247. The molecular formula is C38H42N2O5. The van der Waals surface area contributed by atoms with Gasteiger partial charge in [-0.1, -0.05) is 123 Å². The van der Waals surface area contributed by atoms with Gasteiger partial charge in [-0.2, -0.15) is 0 Å². The Bertz CT molecular complexity index is 1520. The van der Waals surface area contributed by atoms with Crippen LogP contribution in [0.4, 0.5) is 4.79 Å². The summed E-state index contributed by atoms with van der Waals surface area (Å²) >= 11 is 0. The zero-order valence-electron chi connectivity index (χ0n) is 26.0. The quantitative estimate of drug-likeness (QED) is 0.166. The van der Waals surface area contributed by atoms with Crippen LogP contribution in [0.15, 0.2) is 116 Å². The van der Waals surface area contributed by atoms with Crippen molar-refractivity contribution in [3.63, 3.8) is 0 Å². The summed E-state index contributed by atoms with van der Waals surface area (Å²) in [4.78, 5) is 14.3. The first-order valence-electron chi connectivity index (χ1n) is 15.4. The van der Waals surface area contributed by atoms with Crippen molar-refractivity contribution in [2.24, 2.45) is 5.92 Å². The molecule has 234 valence electrons. The van der Waals surface area contributed by atoms with Crippen molar-refractivity contribution in [2.75, 3.05) is 20.2 Å². The first-order chi connectivity index (χ1) is 21.9. The third-order valence-corrected chi connectivity index (χ3v) is 8.18. The maximum atomic E-state index is 12.0. The van der Waals surface area contributed by atoms with Crippen molar-refractivity contribution in [3.8, 4) is 11.1 Å². The Balaban J connectivity index is 1.35. The Morgan fingerprint density at radius 3 is 2.31 bits per heavy atom. The lowest BCUT2D eigenvalue weighted by Crippen LogP contribution is -2.43. The zero-order valence-corrected chi connectivity index (χ0v) is 26.0. The Kier molecular flexibility index (Phi) is 11.2. The molecule has 5 rings (SSSR count). The minimum atomic E-state index is -0.551. The summed E-state index contributed by atoms with van der Waals surface area (Å²) in [5.41, 5.74) is 7.15. The monoisotopic (exact) mass is 606 g/mol. The maximum absolute atomic E-state index is 12.0. The molecule has 2 N–H and O–H groups in total. The minimum Gasteiger partial charge on any atom is -0.445 e. The van der Waals surface area contributed by atoms with Crippen LogP contribution < -0.4 is 5.32 Å². The molecule has 1 saturated heterocycles. The van der Waals surface area contributed by atoms with Crippen LogP contribution in [0.5, 0.6) is 0 Å². The van der Waals surface area contributed by atoms with E-state index >= 15 is 0 Å². The van der Waals surface area contributed by atoms with Crippen molar-refractivity contribution in [1.82, 2.24) is 10.2 Å². The summed E-state index contributed by atoms with van der Waals surface area (Å²) in [5, 5.41) is 12.4. The molecule has 0 spiro atoms. The van der Waals surface area contributed by atoms with Crippen molar-refractivity contribution < 1.29 is 24.1 Å². The lowest BCUT2D eigenvalue weighted by Gasteiger charge is -2.42. The number of hydrogen-bond acceptors (Lipinski definition) is 6. The first-order valence-corrected chi connectivity index (χ1v) is 15.4. The number of benzene rings is 4. The molecule has 1 amide bonds. The molecule has 7 nitrogen and oxygen atoms in total. The van der Waals surface area contributed by atoms with E-state index in [0.717, 1.165) is 46.5 Å². The van der Waals surface area contributed by atoms with E-state index in [4.69, 9.17) is 14.2 Å². The predicted molar refractivity (Wildman–Crippen MR) is 176 cm³/mol. The highest BCUT2D eigenvalue weighted by molar-refractivity contribution is 5.70. The number of alkyl carbamates (subject to hydrolysis) is 1. The largest absolute Gasteiger partial charge is 0.445 e. The highest BCUT2D eigenvalue weighted by atomic mass is 16.7. The van der Waals surface area contributed by atoms with Crippen LogP contribution >= 0.6 is 0 Å². The van der Waals surface area contributed by atoms with E-state index in [1.54, 1.807) is 0 Å². The van der Waals surface area contributed by atoms with Gasteiger partial charge in [0.05, 0.1) is 18.8 Å². The standard InChI is InChI=1S/C38H42N2O5/c1-4-22-43-38(42)39-23-33-12-8-9-13-34(33)30-18-20-32(21-19-30)37-44-35(25-40(3)24-28-10-6-5-7-11-28)27(2)36(45-37)31-16-14-29(26-41)15-17-31/h4-21,27,35-37,41H,1,22-26H2,2-3H3,(H,39,42)/t27-,35+,36+,37+/m0/s1. The number of nitrogens with one attached hydrogen (secondary N) is 1. The van der Waals surface area contributed by atoms with Gasteiger partial charge in [0, 0.05) is 31.1 Å². The third-order valence-electron chi connectivity index (χ3n) is 8.18. The van der Waals surface area contributed by atoms with Crippen molar-refractivity contribution in [3.05, 3.63) is 144 Å². The van der Waals surface area contributed by atoms with Gasteiger partial charge in [-0.3, -0.25) is 4.90 Å². The number of hydrogen-bond donors (Lipinski definition) is 2. The second-order valence-electron chi connectivity index (χ2n) is 11.5. The molecule has 45 heavy (non-hydrogen) atoms. The number of amides is 1.